The van der Waals surface area contributed by atoms with Crippen molar-refractivity contribution in [3.63, 3.8) is 0 Å². The highest BCUT2D eigenvalue weighted by Crippen LogP contribution is 1.90. The lowest BCUT2D eigenvalue weighted by Gasteiger charge is -1.89. The maximum atomic E-state index is 5.19. The largest absolute Gasteiger partial charge is 0.327 e. The Morgan fingerprint density at radius 2 is 2.00 bits per heavy atom. The van der Waals surface area contributed by atoms with Gasteiger partial charge in [-0.1, -0.05) is 26.0 Å². The highest BCUT2D eigenvalue weighted by atomic mass is 35.5. The van der Waals surface area contributed by atoms with E-state index < -0.39 is 0 Å². The lowest BCUT2D eigenvalue weighted by molar-refractivity contribution is 0.828. The smallest absolute Gasteiger partial charge is 0.0106 e. The van der Waals surface area contributed by atoms with Crippen molar-refractivity contribution in [2.45, 2.75) is 13.8 Å². The minimum atomic E-state index is 0. The molecule has 0 unspecified atom stereocenters. The molecular weight excluding hydrogens is 122 g/mol. The fourth-order valence-electron chi connectivity index (χ4n) is 0.351. The van der Waals surface area contributed by atoms with Crippen LogP contribution >= 0.6 is 12.4 Å². The van der Waals surface area contributed by atoms with Crippen molar-refractivity contribution in [1.29, 1.82) is 0 Å². The summed E-state index contributed by atoms with van der Waals surface area (Å²) in [5.41, 5.74) is 5.19. The van der Waals surface area contributed by atoms with Crippen molar-refractivity contribution < 1.29 is 0 Å². The summed E-state index contributed by atoms with van der Waals surface area (Å²) >= 11 is 0. The maximum absolute atomic E-state index is 5.19. The predicted molar refractivity (Wildman–Crippen MR) is 40.3 cm³/mol. The second-order valence-corrected chi connectivity index (χ2v) is 1.91. The molecule has 0 saturated heterocycles. The molecule has 0 aromatic carbocycles. The fraction of sp³-hybridized carbons (Fsp3) is 0.667. The van der Waals surface area contributed by atoms with Gasteiger partial charge in [-0.3, -0.25) is 0 Å². The van der Waals surface area contributed by atoms with Gasteiger partial charge in [0.05, 0.1) is 0 Å². The van der Waals surface area contributed by atoms with Crippen LogP contribution in [-0.4, -0.2) is 6.54 Å². The van der Waals surface area contributed by atoms with E-state index in [1.165, 1.54) is 0 Å². The molecule has 0 fully saturated rings. The molecule has 0 atom stereocenters. The SMILES string of the molecule is CC(C)C=CCN.Cl. The molecule has 0 aromatic rings. The maximum Gasteiger partial charge on any atom is 0.0106 e. The molecular formula is C6H14ClN. The van der Waals surface area contributed by atoms with Crippen LogP contribution < -0.4 is 5.73 Å². The predicted octanol–water partition coefficient (Wildman–Crippen LogP) is 1.58. The van der Waals surface area contributed by atoms with Crippen LogP contribution in [-0.2, 0) is 0 Å². The Morgan fingerprint density at radius 1 is 1.50 bits per heavy atom. The van der Waals surface area contributed by atoms with Crippen molar-refractivity contribution in [2.75, 3.05) is 6.54 Å². The lowest BCUT2D eigenvalue weighted by Crippen LogP contribution is -1.93. The van der Waals surface area contributed by atoms with E-state index in [4.69, 9.17) is 5.73 Å². The van der Waals surface area contributed by atoms with Crippen molar-refractivity contribution in [1.82, 2.24) is 0 Å². The van der Waals surface area contributed by atoms with Crippen molar-refractivity contribution >= 4 is 12.4 Å². The second-order valence-electron chi connectivity index (χ2n) is 1.91. The third-order valence-electron chi connectivity index (χ3n) is 0.657. The molecule has 2 heteroatoms. The van der Waals surface area contributed by atoms with Gasteiger partial charge in [-0.25, -0.2) is 0 Å². The van der Waals surface area contributed by atoms with E-state index in [1.807, 2.05) is 6.08 Å². The number of rotatable bonds is 2. The Kier molecular flexibility index (Phi) is 9.51. The molecule has 0 heterocycles. The minimum absolute atomic E-state index is 0. The molecule has 0 aromatic heterocycles. The average molecular weight is 136 g/mol. The quantitative estimate of drug-likeness (QED) is 0.572. The molecule has 8 heavy (non-hydrogen) atoms. The van der Waals surface area contributed by atoms with Gasteiger partial charge in [-0.2, -0.15) is 0 Å². The summed E-state index contributed by atoms with van der Waals surface area (Å²) in [4.78, 5) is 0. The van der Waals surface area contributed by atoms with Gasteiger partial charge in [0, 0.05) is 6.54 Å². The normalized spacial score (nSPS) is 10.0. The molecule has 0 aliphatic carbocycles. The zero-order valence-corrected chi connectivity index (χ0v) is 6.24. The van der Waals surface area contributed by atoms with Gasteiger partial charge in [0.1, 0.15) is 0 Å². The zero-order valence-electron chi connectivity index (χ0n) is 5.42. The van der Waals surface area contributed by atoms with Crippen LogP contribution in [0, 0.1) is 5.92 Å². The van der Waals surface area contributed by atoms with Gasteiger partial charge in [0.2, 0.25) is 0 Å². The minimum Gasteiger partial charge on any atom is -0.327 e. The highest BCUT2D eigenvalue weighted by Gasteiger charge is 1.78. The summed E-state index contributed by atoms with van der Waals surface area (Å²) in [7, 11) is 0. The monoisotopic (exact) mass is 135 g/mol. The molecule has 0 aliphatic rings. The van der Waals surface area contributed by atoms with Crippen LogP contribution in [0.2, 0.25) is 0 Å². The third kappa shape index (κ3) is 9.37. The van der Waals surface area contributed by atoms with Crippen LogP contribution in [0.5, 0.6) is 0 Å². The first-order chi connectivity index (χ1) is 3.27. The molecule has 0 aliphatic heterocycles. The number of hydrogen-bond donors (Lipinski definition) is 1. The second kappa shape index (κ2) is 6.99. The molecule has 0 saturated carbocycles. The van der Waals surface area contributed by atoms with Gasteiger partial charge in [0.15, 0.2) is 0 Å². The molecule has 0 amide bonds. The molecule has 1 nitrogen and oxygen atoms in total. The van der Waals surface area contributed by atoms with Crippen molar-refractivity contribution in [3.05, 3.63) is 12.2 Å². The van der Waals surface area contributed by atoms with E-state index in [-0.39, 0.29) is 12.4 Å². The number of nitrogens with two attached hydrogens (primary N) is 1. The van der Waals surface area contributed by atoms with E-state index in [0.29, 0.717) is 12.5 Å². The first-order valence-electron chi connectivity index (χ1n) is 2.64. The molecule has 0 rings (SSSR count). The van der Waals surface area contributed by atoms with Gasteiger partial charge in [0.25, 0.3) is 0 Å². The van der Waals surface area contributed by atoms with E-state index in [1.54, 1.807) is 0 Å². The summed E-state index contributed by atoms with van der Waals surface area (Å²) in [6, 6.07) is 0. The van der Waals surface area contributed by atoms with Crippen LogP contribution in [0.15, 0.2) is 12.2 Å². The van der Waals surface area contributed by atoms with Crippen molar-refractivity contribution in [2.24, 2.45) is 11.7 Å². The average Bonchev–Trinajstić information content (AvgIpc) is 1.61. The summed E-state index contributed by atoms with van der Waals surface area (Å²) in [5, 5.41) is 0. The van der Waals surface area contributed by atoms with E-state index in [9.17, 15) is 0 Å². The standard InChI is InChI=1S/C6H13N.ClH/c1-6(2)4-3-5-7;/h3-4,6H,5,7H2,1-2H3;1H. The Morgan fingerprint density at radius 3 is 2.12 bits per heavy atom. The van der Waals surface area contributed by atoms with Gasteiger partial charge < -0.3 is 5.73 Å². The topological polar surface area (TPSA) is 26.0 Å². The summed E-state index contributed by atoms with van der Waals surface area (Å²) in [6.45, 7) is 4.93. The lowest BCUT2D eigenvalue weighted by atomic mass is 10.2. The first-order valence-corrected chi connectivity index (χ1v) is 2.64. The fourth-order valence-corrected chi connectivity index (χ4v) is 0.351. The molecule has 0 spiro atoms. The van der Waals surface area contributed by atoms with Crippen LogP contribution in [0.25, 0.3) is 0 Å². The van der Waals surface area contributed by atoms with Gasteiger partial charge in [-0.05, 0) is 5.92 Å². The Labute approximate surface area is 57.4 Å². The van der Waals surface area contributed by atoms with E-state index in [0.717, 1.165) is 0 Å². The van der Waals surface area contributed by atoms with Crippen molar-refractivity contribution in [3.8, 4) is 0 Å². The Balaban J connectivity index is 0. The first kappa shape index (κ1) is 10.9. The van der Waals surface area contributed by atoms with Gasteiger partial charge in [-0.15, -0.1) is 12.4 Å². The Hall–Kier alpha value is -0.0100. The third-order valence-corrected chi connectivity index (χ3v) is 0.657. The highest BCUT2D eigenvalue weighted by molar-refractivity contribution is 5.85. The van der Waals surface area contributed by atoms with Crippen LogP contribution in [0.4, 0.5) is 0 Å². The molecule has 0 radical (unpaired) electrons. The number of hydrogen-bond acceptors (Lipinski definition) is 1. The summed E-state index contributed by atoms with van der Waals surface area (Å²) in [6.07, 6.45) is 4.07. The van der Waals surface area contributed by atoms with Gasteiger partial charge >= 0.3 is 0 Å². The number of allylic oxidation sites excluding steroid dienone is 1. The van der Waals surface area contributed by atoms with E-state index >= 15 is 0 Å². The number of halogens is 1. The van der Waals surface area contributed by atoms with Crippen LogP contribution in [0.1, 0.15) is 13.8 Å². The molecule has 0 bridgehead atoms. The molecule has 50 valence electrons. The zero-order chi connectivity index (χ0) is 5.70. The molecule has 2 N–H and O–H groups in total. The Bertz CT molecular complexity index is 59.5. The summed E-state index contributed by atoms with van der Waals surface area (Å²) in [5.74, 6) is 0.642. The van der Waals surface area contributed by atoms with Crippen LogP contribution in [0.3, 0.4) is 0 Å². The summed E-state index contributed by atoms with van der Waals surface area (Å²) < 4.78 is 0. The van der Waals surface area contributed by atoms with E-state index in [2.05, 4.69) is 19.9 Å².